The molecule has 0 aromatic heterocycles. The van der Waals surface area contributed by atoms with Crippen molar-refractivity contribution in [3.8, 4) is 0 Å². The molecule has 0 radical (unpaired) electrons. The zero-order valence-electron chi connectivity index (χ0n) is 36.8. The van der Waals surface area contributed by atoms with Gasteiger partial charge in [0, 0.05) is 61.5 Å². The Bertz CT molecular complexity index is 1830. The summed E-state index contributed by atoms with van der Waals surface area (Å²) in [6.07, 6.45) is -8.51. The summed E-state index contributed by atoms with van der Waals surface area (Å²) in [6, 6.07) is 0. The lowest BCUT2D eigenvalue weighted by molar-refractivity contribution is -0.109. The van der Waals surface area contributed by atoms with E-state index in [2.05, 4.69) is 0 Å². The first-order chi connectivity index (χ1) is 30.8. The van der Waals surface area contributed by atoms with Crippen LogP contribution in [-0.2, 0) is 9.59 Å². The summed E-state index contributed by atoms with van der Waals surface area (Å²) in [5, 5.41) is 101. The van der Waals surface area contributed by atoms with Crippen LogP contribution in [0.5, 0.6) is 0 Å². The molecule has 26 heteroatoms. The van der Waals surface area contributed by atoms with E-state index in [1.54, 1.807) is 90.4 Å². The SMILES string of the molecule is Cc1c(C(=O)N(C)CC(O)CO)c(I)c(C(=O)N(C)CC(O)CO)c(I)c1N(C=O)CC(O)C(O)CN(C=O)c1c(C)c(C(=O)N(C)CC(O)CO)c(I)c(C(=O)N(C)CC(O)CO)c1I. The number of carbonyl (C=O) groups excluding carboxylic acids is 6. The average Bonchev–Trinajstić information content (AvgIpc) is 3.27. The van der Waals surface area contributed by atoms with Crippen molar-refractivity contribution >= 4 is 138 Å². The van der Waals surface area contributed by atoms with Crippen molar-refractivity contribution in [1.82, 2.24) is 19.6 Å². The lowest BCUT2D eigenvalue weighted by atomic mass is 9.98. The average molecular weight is 1380 g/mol. The minimum Gasteiger partial charge on any atom is -0.394 e. The van der Waals surface area contributed by atoms with Gasteiger partial charge in [-0.15, -0.1) is 0 Å². The molecule has 2 aromatic carbocycles. The highest BCUT2D eigenvalue weighted by Gasteiger charge is 2.36. The van der Waals surface area contributed by atoms with Gasteiger partial charge in [0.15, 0.2) is 0 Å². The Morgan fingerprint density at radius 1 is 0.439 bits per heavy atom. The van der Waals surface area contributed by atoms with Crippen LogP contribution in [0.2, 0.25) is 0 Å². The predicted octanol–water partition coefficient (Wildman–Crippen LogP) is -2.23. The normalized spacial score (nSPS) is 14.1. The van der Waals surface area contributed by atoms with Crippen LogP contribution in [0.25, 0.3) is 0 Å². The fourth-order valence-electron chi connectivity index (χ4n) is 6.75. The number of aliphatic hydroxyl groups is 10. The first-order valence-corrected chi connectivity index (χ1v) is 24.1. The number of halogens is 4. The van der Waals surface area contributed by atoms with E-state index >= 15 is 0 Å². The second kappa shape index (κ2) is 27.2. The quantitative estimate of drug-likeness (QED) is 0.0372. The van der Waals surface area contributed by atoms with Crippen molar-refractivity contribution in [2.24, 2.45) is 0 Å². The predicted molar refractivity (Wildman–Crippen MR) is 272 cm³/mol. The van der Waals surface area contributed by atoms with Gasteiger partial charge in [0.1, 0.15) is 0 Å². The molecule has 6 amide bonds. The number of aliphatic hydroxyl groups excluding tert-OH is 10. The van der Waals surface area contributed by atoms with Gasteiger partial charge in [0.25, 0.3) is 23.6 Å². The maximum Gasteiger partial charge on any atom is 0.255 e. The molecule has 0 spiro atoms. The number of nitrogens with zero attached hydrogens (tertiary/aromatic N) is 6. The van der Waals surface area contributed by atoms with Crippen molar-refractivity contribution < 1.29 is 79.8 Å². The van der Waals surface area contributed by atoms with Gasteiger partial charge >= 0.3 is 0 Å². The fourth-order valence-corrected chi connectivity index (χ4v) is 12.5. The third-order valence-corrected chi connectivity index (χ3v) is 14.5. The molecule has 0 saturated carbocycles. The van der Waals surface area contributed by atoms with Crippen LogP contribution in [0.3, 0.4) is 0 Å². The number of anilines is 2. The van der Waals surface area contributed by atoms with E-state index in [0.717, 1.165) is 29.4 Å². The van der Waals surface area contributed by atoms with Crippen molar-refractivity contribution in [3.05, 3.63) is 47.7 Å². The maximum atomic E-state index is 14.0. The highest BCUT2D eigenvalue weighted by molar-refractivity contribution is 14.1. The Hall–Kier alpha value is -2.22. The van der Waals surface area contributed by atoms with Crippen LogP contribution in [-0.4, -0.2) is 238 Å². The molecule has 0 aliphatic rings. The van der Waals surface area contributed by atoms with E-state index in [9.17, 15) is 79.8 Å². The summed E-state index contributed by atoms with van der Waals surface area (Å²) in [5.41, 5.74) is -0.255. The second-order valence-electron chi connectivity index (χ2n) is 15.4. The molecule has 10 N–H and O–H groups in total. The molecule has 66 heavy (non-hydrogen) atoms. The van der Waals surface area contributed by atoms with Gasteiger partial charge in [-0.1, -0.05) is 0 Å². The van der Waals surface area contributed by atoms with Crippen LogP contribution in [0.1, 0.15) is 52.6 Å². The van der Waals surface area contributed by atoms with Crippen molar-refractivity contribution in [2.45, 2.75) is 50.5 Å². The summed E-state index contributed by atoms with van der Waals surface area (Å²) in [4.78, 5) is 88.2. The Kier molecular flexibility index (Phi) is 24.7. The summed E-state index contributed by atoms with van der Waals surface area (Å²) in [5.74, 6) is -2.93. The molecule has 0 aliphatic heterocycles. The van der Waals surface area contributed by atoms with Crippen LogP contribution < -0.4 is 9.80 Å². The number of benzene rings is 2. The van der Waals surface area contributed by atoms with Crippen LogP contribution in [0.15, 0.2) is 0 Å². The molecular formula is C40H56I4N6O16. The number of rotatable bonds is 25. The van der Waals surface area contributed by atoms with E-state index in [1.807, 2.05) is 0 Å². The van der Waals surface area contributed by atoms with Crippen molar-refractivity contribution in [2.75, 3.05) is 104 Å². The van der Waals surface area contributed by atoms with E-state index in [-0.39, 0.29) is 98.0 Å². The lowest BCUT2D eigenvalue weighted by Gasteiger charge is -2.32. The Labute approximate surface area is 435 Å². The minimum atomic E-state index is -1.88. The second-order valence-corrected chi connectivity index (χ2v) is 19.8. The summed E-state index contributed by atoms with van der Waals surface area (Å²) in [6.45, 7) is -2.48. The summed E-state index contributed by atoms with van der Waals surface area (Å²) < 4.78 is 0.437. The van der Waals surface area contributed by atoms with Gasteiger partial charge in [0.2, 0.25) is 12.8 Å². The van der Waals surface area contributed by atoms with E-state index in [1.165, 1.54) is 42.0 Å². The summed E-state index contributed by atoms with van der Waals surface area (Å²) in [7, 11) is 5.35. The number of hydrogen-bond donors (Lipinski definition) is 10. The van der Waals surface area contributed by atoms with Crippen molar-refractivity contribution in [3.63, 3.8) is 0 Å². The van der Waals surface area contributed by atoms with E-state index in [0.29, 0.717) is 0 Å². The van der Waals surface area contributed by atoms with Gasteiger partial charge < -0.3 is 80.5 Å². The highest BCUT2D eigenvalue weighted by atomic mass is 127. The highest BCUT2D eigenvalue weighted by Crippen LogP contribution is 2.39. The monoisotopic (exact) mass is 1380 g/mol. The molecule has 0 heterocycles. The number of hydrogen-bond acceptors (Lipinski definition) is 16. The molecule has 2 rings (SSSR count). The van der Waals surface area contributed by atoms with Crippen LogP contribution >= 0.6 is 90.4 Å². The molecular weight excluding hydrogens is 1330 g/mol. The van der Waals surface area contributed by atoms with Gasteiger partial charge in [-0.3, -0.25) is 28.8 Å². The molecule has 0 aliphatic carbocycles. The number of amides is 6. The zero-order valence-corrected chi connectivity index (χ0v) is 45.4. The first-order valence-electron chi connectivity index (χ1n) is 19.8. The third kappa shape index (κ3) is 14.4. The first kappa shape index (κ1) is 59.9. The largest absolute Gasteiger partial charge is 0.394 e. The topological polar surface area (TPSA) is 324 Å². The maximum absolute atomic E-state index is 14.0. The Balaban J connectivity index is 2.81. The third-order valence-electron chi connectivity index (χ3n) is 10.3. The van der Waals surface area contributed by atoms with Gasteiger partial charge in [0.05, 0.1) is 117 Å². The molecule has 0 saturated heterocycles. The molecule has 6 unspecified atom stereocenters. The Morgan fingerprint density at radius 3 is 0.879 bits per heavy atom. The standard InChI is InChI=1S/C40H56I4N6O16/c1-19-27(37(63)45(3)7-21(57)13-51)31(41)29(39(65)47(5)9-23(59)15-53)33(43)35(19)49(17-55)11-25(61)26(62)12-50(18-56)36-20(2)28(38(64)46(4)8-22(58)14-52)32(42)30(34(36)44)40(66)48(6)10-24(60)16-54/h17-18,21-26,51-54,57-62H,7-16H2,1-6H3. The van der Waals surface area contributed by atoms with E-state index in [4.69, 9.17) is 0 Å². The fraction of sp³-hybridized carbons (Fsp3) is 0.550. The minimum absolute atomic E-state index is 0.0522. The van der Waals surface area contributed by atoms with E-state index < -0.39 is 99.8 Å². The van der Waals surface area contributed by atoms with Crippen molar-refractivity contribution in [1.29, 1.82) is 0 Å². The summed E-state index contributed by atoms with van der Waals surface area (Å²) >= 11 is 7.11. The number of carbonyl (C=O) groups is 6. The van der Waals surface area contributed by atoms with Gasteiger partial charge in [-0.05, 0) is 115 Å². The molecule has 22 nitrogen and oxygen atoms in total. The molecule has 6 atom stereocenters. The van der Waals surface area contributed by atoms with Gasteiger partial charge in [-0.2, -0.15) is 0 Å². The molecule has 0 bridgehead atoms. The lowest BCUT2D eigenvalue weighted by Crippen LogP contribution is -2.46. The molecule has 0 fully saturated rings. The van der Waals surface area contributed by atoms with Crippen LogP contribution in [0, 0.1) is 28.1 Å². The smallest absolute Gasteiger partial charge is 0.255 e. The van der Waals surface area contributed by atoms with Crippen LogP contribution in [0.4, 0.5) is 11.4 Å². The number of likely N-dealkylation sites (N-methyl/N-ethyl adjacent to an activating group) is 4. The molecule has 370 valence electrons. The Morgan fingerprint density at radius 2 is 0.667 bits per heavy atom. The zero-order chi connectivity index (χ0) is 50.7. The van der Waals surface area contributed by atoms with Gasteiger partial charge in [-0.25, -0.2) is 0 Å². The molecule has 2 aromatic rings.